The highest BCUT2D eigenvalue weighted by molar-refractivity contribution is 6.05. The van der Waals surface area contributed by atoms with Crippen LogP contribution in [0.3, 0.4) is 0 Å². The number of hydrogen-bond acceptors (Lipinski definition) is 4. The van der Waals surface area contributed by atoms with Crippen LogP contribution in [0.25, 0.3) is 89.0 Å². The normalized spacial score (nSPS) is 11.4. The number of para-hydroxylation sites is 1. The molecule has 0 amide bonds. The SMILES string of the molecule is c1ccc(-c2cc(-c3ccccc3)nc(-c3cc(-c4ccc5ccccc5c4)ccc3-c3cnc4oc5ccccc5c4c3)n2)cc1. The summed E-state index contributed by atoms with van der Waals surface area (Å²) in [6.07, 6.45) is 1.89. The van der Waals surface area contributed by atoms with Crippen LogP contribution in [0.2, 0.25) is 0 Å². The van der Waals surface area contributed by atoms with E-state index in [9.17, 15) is 0 Å². The van der Waals surface area contributed by atoms with E-state index in [0.717, 1.165) is 66.7 Å². The summed E-state index contributed by atoms with van der Waals surface area (Å²) >= 11 is 0. The molecule has 6 aromatic carbocycles. The summed E-state index contributed by atoms with van der Waals surface area (Å²) in [7, 11) is 0. The van der Waals surface area contributed by atoms with Crippen molar-refractivity contribution in [1.82, 2.24) is 15.0 Å². The lowest BCUT2D eigenvalue weighted by molar-refractivity contribution is 0.654. The monoisotopic (exact) mass is 601 g/mol. The van der Waals surface area contributed by atoms with Crippen molar-refractivity contribution < 1.29 is 4.42 Å². The molecule has 0 saturated heterocycles. The minimum Gasteiger partial charge on any atom is -0.438 e. The van der Waals surface area contributed by atoms with Gasteiger partial charge in [0.1, 0.15) is 5.58 Å². The second kappa shape index (κ2) is 11.2. The average molecular weight is 602 g/mol. The van der Waals surface area contributed by atoms with Crippen LogP contribution in [0.4, 0.5) is 0 Å². The molecule has 3 heterocycles. The van der Waals surface area contributed by atoms with Crippen LogP contribution in [0.15, 0.2) is 168 Å². The van der Waals surface area contributed by atoms with Gasteiger partial charge in [-0.15, -0.1) is 0 Å². The first-order valence-corrected chi connectivity index (χ1v) is 15.7. The zero-order valence-electron chi connectivity index (χ0n) is 25.3. The van der Waals surface area contributed by atoms with Crippen molar-refractivity contribution in [1.29, 1.82) is 0 Å². The summed E-state index contributed by atoms with van der Waals surface area (Å²) in [6.45, 7) is 0. The Bertz CT molecular complexity index is 2510. The van der Waals surface area contributed by atoms with Crippen molar-refractivity contribution in [2.45, 2.75) is 0 Å². The molecule has 3 aromatic heterocycles. The highest BCUT2D eigenvalue weighted by Gasteiger charge is 2.18. The molecule has 9 rings (SSSR count). The second-order valence-electron chi connectivity index (χ2n) is 11.7. The average Bonchev–Trinajstić information content (AvgIpc) is 3.53. The number of pyridine rings is 1. The molecule has 0 aliphatic carbocycles. The van der Waals surface area contributed by atoms with Crippen molar-refractivity contribution in [3.63, 3.8) is 0 Å². The molecule has 0 unspecified atom stereocenters. The Morgan fingerprint density at radius 2 is 1.04 bits per heavy atom. The Balaban J connectivity index is 1.30. The van der Waals surface area contributed by atoms with E-state index in [2.05, 4.69) is 103 Å². The van der Waals surface area contributed by atoms with Crippen LogP contribution in [-0.2, 0) is 0 Å². The molecular weight excluding hydrogens is 574 g/mol. The van der Waals surface area contributed by atoms with Crippen molar-refractivity contribution in [2.24, 2.45) is 0 Å². The molecular formula is C43H27N3O. The van der Waals surface area contributed by atoms with Gasteiger partial charge in [0, 0.05) is 39.2 Å². The summed E-state index contributed by atoms with van der Waals surface area (Å²) < 4.78 is 6.06. The number of nitrogens with zero attached hydrogens (tertiary/aromatic N) is 3. The van der Waals surface area contributed by atoms with E-state index < -0.39 is 0 Å². The molecule has 47 heavy (non-hydrogen) atoms. The molecule has 0 aliphatic heterocycles. The summed E-state index contributed by atoms with van der Waals surface area (Å²) in [5.74, 6) is 0.653. The number of aromatic nitrogens is 3. The molecule has 0 atom stereocenters. The highest BCUT2D eigenvalue weighted by atomic mass is 16.3. The van der Waals surface area contributed by atoms with Crippen LogP contribution in [0.1, 0.15) is 0 Å². The zero-order valence-corrected chi connectivity index (χ0v) is 25.3. The molecule has 0 radical (unpaired) electrons. The Morgan fingerprint density at radius 3 is 1.81 bits per heavy atom. The van der Waals surface area contributed by atoms with Gasteiger partial charge in [0.25, 0.3) is 0 Å². The van der Waals surface area contributed by atoms with Gasteiger partial charge in [0.05, 0.1) is 11.4 Å². The molecule has 0 fully saturated rings. The lowest BCUT2D eigenvalue weighted by Gasteiger charge is -2.15. The van der Waals surface area contributed by atoms with Crippen molar-refractivity contribution in [3.8, 4) is 56.2 Å². The molecule has 220 valence electrons. The Morgan fingerprint density at radius 1 is 0.404 bits per heavy atom. The van der Waals surface area contributed by atoms with E-state index in [-0.39, 0.29) is 0 Å². The predicted octanol–water partition coefficient (Wildman–Crippen LogP) is 11.3. The number of benzene rings is 6. The maximum absolute atomic E-state index is 6.06. The standard InChI is InChI=1S/C43H27N3O/c1-3-12-29(13-4-1)39-26-40(30-14-5-2-6-15-30)46-42(45-39)37-24-33(32-20-19-28-11-7-8-16-31(28)23-32)21-22-35(37)34-25-38-36-17-9-10-18-41(36)47-43(38)44-27-34/h1-27H. The number of fused-ring (bicyclic) bond motifs is 4. The fourth-order valence-electron chi connectivity index (χ4n) is 6.37. The van der Waals surface area contributed by atoms with E-state index in [1.807, 2.05) is 60.8 Å². The first kappa shape index (κ1) is 27.0. The second-order valence-corrected chi connectivity index (χ2v) is 11.7. The van der Waals surface area contributed by atoms with Gasteiger partial charge in [-0.05, 0) is 57.8 Å². The van der Waals surface area contributed by atoms with E-state index in [4.69, 9.17) is 19.4 Å². The summed E-state index contributed by atoms with van der Waals surface area (Å²) in [5, 5.41) is 4.43. The van der Waals surface area contributed by atoms with Crippen LogP contribution in [-0.4, -0.2) is 15.0 Å². The van der Waals surface area contributed by atoms with E-state index in [0.29, 0.717) is 11.5 Å². The highest BCUT2D eigenvalue weighted by Crippen LogP contribution is 2.39. The summed E-state index contributed by atoms with van der Waals surface area (Å²) in [5.41, 5.74) is 10.4. The third-order valence-electron chi connectivity index (χ3n) is 8.75. The third kappa shape index (κ3) is 4.93. The predicted molar refractivity (Wildman–Crippen MR) is 192 cm³/mol. The molecule has 0 saturated carbocycles. The maximum Gasteiger partial charge on any atom is 0.227 e. The number of hydrogen-bond donors (Lipinski definition) is 0. The van der Waals surface area contributed by atoms with E-state index >= 15 is 0 Å². The summed E-state index contributed by atoms with van der Waals surface area (Å²) in [4.78, 5) is 15.2. The molecule has 9 aromatic rings. The van der Waals surface area contributed by atoms with Crippen LogP contribution in [0.5, 0.6) is 0 Å². The van der Waals surface area contributed by atoms with Crippen LogP contribution >= 0.6 is 0 Å². The van der Waals surface area contributed by atoms with Crippen molar-refractivity contribution >= 4 is 32.8 Å². The topological polar surface area (TPSA) is 51.8 Å². The molecule has 0 N–H and O–H groups in total. The quantitative estimate of drug-likeness (QED) is 0.197. The molecule has 0 spiro atoms. The Hall–Kier alpha value is -6.39. The molecule has 4 heteroatoms. The van der Waals surface area contributed by atoms with Gasteiger partial charge < -0.3 is 4.42 Å². The Kier molecular flexibility index (Phi) is 6.43. The van der Waals surface area contributed by atoms with Crippen molar-refractivity contribution in [2.75, 3.05) is 0 Å². The maximum atomic E-state index is 6.06. The minimum absolute atomic E-state index is 0.623. The van der Waals surface area contributed by atoms with Crippen LogP contribution < -0.4 is 0 Å². The zero-order chi connectivity index (χ0) is 31.2. The van der Waals surface area contributed by atoms with Gasteiger partial charge in [0.2, 0.25) is 5.71 Å². The molecule has 0 aliphatic rings. The lowest BCUT2D eigenvalue weighted by Crippen LogP contribution is -1.98. The van der Waals surface area contributed by atoms with Gasteiger partial charge in [-0.2, -0.15) is 0 Å². The van der Waals surface area contributed by atoms with E-state index in [1.165, 1.54) is 10.8 Å². The molecule has 0 bridgehead atoms. The van der Waals surface area contributed by atoms with E-state index in [1.54, 1.807) is 0 Å². The van der Waals surface area contributed by atoms with Gasteiger partial charge in [-0.3, -0.25) is 0 Å². The third-order valence-corrected chi connectivity index (χ3v) is 8.75. The first-order chi connectivity index (χ1) is 23.3. The first-order valence-electron chi connectivity index (χ1n) is 15.7. The largest absolute Gasteiger partial charge is 0.438 e. The Labute approximate surface area is 271 Å². The fraction of sp³-hybridized carbons (Fsp3) is 0. The minimum atomic E-state index is 0.623. The smallest absolute Gasteiger partial charge is 0.227 e. The van der Waals surface area contributed by atoms with Gasteiger partial charge in [0.15, 0.2) is 5.82 Å². The summed E-state index contributed by atoms with van der Waals surface area (Å²) in [6, 6.07) is 54.5. The van der Waals surface area contributed by atoms with Gasteiger partial charge in [-0.25, -0.2) is 15.0 Å². The van der Waals surface area contributed by atoms with Crippen LogP contribution in [0, 0.1) is 0 Å². The number of furan rings is 1. The molecule has 4 nitrogen and oxygen atoms in total. The fourth-order valence-corrected chi connectivity index (χ4v) is 6.37. The van der Waals surface area contributed by atoms with Crippen molar-refractivity contribution in [3.05, 3.63) is 164 Å². The lowest BCUT2D eigenvalue weighted by atomic mass is 9.93. The van der Waals surface area contributed by atoms with Gasteiger partial charge in [-0.1, -0.05) is 127 Å². The van der Waals surface area contributed by atoms with Gasteiger partial charge >= 0.3 is 0 Å². The number of rotatable bonds is 5.